The number of carboxylic acid groups (broad SMARTS) is 1. The topological polar surface area (TPSA) is 37.3 Å². The zero-order valence-corrected chi connectivity index (χ0v) is 11.1. The van der Waals surface area contributed by atoms with Crippen LogP contribution in [0.3, 0.4) is 0 Å². The van der Waals surface area contributed by atoms with Crippen molar-refractivity contribution in [2.75, 3.05) is 0 Å². The second kappa shape index (κ2) is 5.89. The van der Waals surface area contributed by atoms with E-state index in [9.17, 15) is 13.2 Å². The quantitative estimate of drug-likeness (QED) is 0.770. The van der Waals surface area contributed by atoms with Gasteiger partial charge < -0.3 is 5.11 Å². The number of benzene rings is 1. The van der Waals surface area contributed by atoms with Crippen molar-refractivity contribution in [3.8, 4) is 0 Å². The Morgan fingerprint density at radius 3 is 1.44 bits per heavy atom. The summed E-state index contributed by atoms with van der Waals surface area (Å²) in [5.74, 6) is -2.76. The molecular formula is C13H17F3O2. The number of hydrogen-bond donors (Lipinski definition) is 1. The first-order valence-corrected chi connectivity index (χ1v) is 5.32. The third-order valence-corrected chi connectivity index (χ3v) is 2.98. The predicted molar refractivity (Wildman–Crippen MR) is 63.8 cm³/mol. The van der Waals surface area contributed by atoms with Crippen molar-refractivity contribution < 1.29 is 23.1 Å². The van der Waals surface area contributed by atoms with E-state index in [2.05, 4.69) is 40.7 Å². The molecule has 0 heterocycles. The van der Waals surface area contributed by atoms with E-state index in [0.717, 1.165) is 0 Å². The maximum atomic E-state index is 10.6. The highest BCUT2D eigenvalue weighted by Crippen LogP contribution is 2.19. The average Bonchev–Trinajstić information content (AvgIpc) is 2.23. The fraction of sp³-hybridized carbons (Fsp3) is 0.462. The fourth-order valence-electron chi connectivity index (χ4n) is 1.41. The van der Waals surface area contributed by atoms with Gasteiger partial charge in [-0.2, -0.15) is 13.2 Å². The molecule has 0 radical (unpaired) electrons. The van der Waals surface area contributed by atoms with Gasteiger partial charge in [0.1, 0.15) is 0 Å². The van der Waals surface area contributed by atoms with Crippen molar-refractivity contribution in [3.63, 3.8) is 0 Å². The molecule has 0 spiro atoms. The van der Waals surface area contributed by atoms with E-state index in [1.54, 1.807) is 0 Å². The number of rotatable bonds is 0. The summed E-state index contributed by atoms with van der Waals surface area (Å²) in [5, 5.41) is 7.12. The molecule has 0 fully saturated rings. The molecule has 18 heavy (non-hydrogen) atoms. The van der Waals surface area contributed by atoms with Crippen LogP contribution >= 0.6 is 0 Å². The third-order valence-electron chi connectivity index (χ3n) is 2.98. The highest BCUT2D eigenvalue weighted by atomic mass is 19.4. The van der Waals surface area contributed by atoms with E-state index < -0.39 is 12.1 Å². The van der Waals surface area contributed by atoms with Gasteiger partial charge in [0.15, 0.2) is 0 Å². The maximum Gasteiger partial charge on any atom is 0.490 e. The van der Waals surface area contributed by atoms with Gasteiger partial charge in [0.05, 0.1) is 0 Å². The monoisotopic (exact) mass is 262 g/mol. The van der Waals surface area contributed by atoms with Crippen molar-refractivity contribution in [1.29, 1.82) is 0 Å². The molecule has 0 saturated carbocycles. The fourth-order valence-corrected chi connectivity index (χ4v) is 1.41. The van der Waals surface area contributed by atoms with Crippen LogP contribution in [0, 0.1) is 34.6 Å². The van der Waals surface area contributed by atoms with Crippen molar-refractivity contribution in [2.45, 2.75) is 40.8 Å². The van der Waals surface area contributed by atoms with Gasteiger partial charge in [-0.1, -0.05) is 6.07 Å². The van der Waals surface area contributed by atoms with Crippen LogP contribution in [0.5, 0.6) is 0 Å². The smallest absolute Gasteiger partial charge is 0.475 e. The highest BCUT2D eigenvalue weighted by Gasteiger charge is 2.38. The van der Waals surface area contributed by atoms with Crippen LogP contribution in [-0.4, -0.2) is 17.3 Å². The van der Waals surface area contributed by atoms with Gasteiger partial charge in [-0.3, -0.25) is 0 Å². The Hall–Kier alpha value is -1.52. The lowest BCUT2D eigenvalue weighted by Gasteiger charge is -2.10. The first-order valence-electron chi connectivity index (χ1n) is 5.32. The minimum Gasteiger partial charge on any atom is -0.475 e. The second-order valence-electron chi connectivity index (χ2n) is 4.19. The minimum absolute atomic E-state index is 1.41. The molecule has 0 saturated heterocycles. The molecule has 1 aromatic carbocycles. The summed E-state index contributed by atoms with van der Waals surface area (Å²) in [4.78, 5) is 8.90. The molecule has 0 aliphatic carbocycles. The Kier molecular flexibility index (Phi) is 5.39. The van der Waals surface area contributed by atoms with Gasteiger partial charge in [-0.05, 0) is 62.4 Å². The lowest BCUT2D eigenvalue weighted by molar-refractivity contribution is -0.192. The summed E-state index contributed by atoms with van der Waals surface area (Å²) in [6.07, 6.45) is -5.08. The molecule has 2 nitrogen and oxygen atoms in total. The molecule has 0 aromatic heterocycles. The molecule has 5 heteroatoms. The molecule has 102 valence electrons. The van der Waals surface area contributed by atoms with Crippen LogP contribution in [0.4, 0.5) is 13.2 Å². The number of aryl methyl sites for hydroxylation is 2. The summed E-state index contributed by atoms with van der Waals surface area (Å²) in [6.45, 7) is 10.9. The van der Waals surface area contributed by atoms with Gasteiger partial charge in [0.25, 0.3) is 0 Å². The predicted octanol–water partition coefficient (Wildman–Crippen LogP) is 3.86. The summed E-state index contributed by atoms with van der Waals surface area (Å²) in [5.41, 5.74) is 7.14. The largest absolute Gasteiger partial charge is 0.490 e. The maximum absolute atomic E-state index is 10.6. The van der Waals surface area contributed by atoms with E-state index >= 15 is 0 Å². The Labute approximate surface area is 104 Å². The second-order valence-corrected chi connectivity index (χ2v) is 4.19. The van der Waals surface area contributed by atoms with Crippen LogP contribution in [0.1, 0.15) is 27.8 Å². The van der Waals surface area contributed by atoms with Crippen molar-refractivity contribution in [3.05, 3.63) is 33.9 Å². The lowest BCUT2D eigenvalue weighted by atomic mass is 9.96. The molecular weight excluding hydrogens is 245 g/mol. The van der Waals surface area contributed by atoms with E-state index in [0.29, 0.717) is 0 Å². The van der Waals surface area contributed by atoms with Crippen LogP contribution in [0.15, 0.2) is 6.07 Å². The Bertz CT molecular complexity index is 422. The van der Waals surface area contributed by atoms with Gasteiger partial charge in [-0.15, -0.1) is 0 Å². The average molecular weight is 262 g/mol. The van der Waals surface area contributed by atoms with E-state index in [-0.39, 0.29) is 0 Å². The molecule has 1 aromatic rings. The number of aliphatic carboxylic acids is 1. The Morgan fingerprint density at radius 2 is 1.22 bits per heavy atom. The molecule has 1 rings (SSSR count). The Balaban J connectivity index is 0.000000360. The van der Waals surface area contributed by atoms with E-state index in [1.807, 2.05) is 0 Å². The number of carboxylic acids is 1. The molecule has 0 bridgehead atoms. The normalized spacial score (nSPS) is 10.7. The summed E-state index contributed by atoms with van der Waals surface area (Å²) >= 11 is 0. The summed E-state index contributed by atoms with van der Waals surface area (Å²) in [6, 6.07) is 2.26. The summed E-state index contributed by atoms with van der Waals surface area (Å²) < 4.78 is 31.7. The first-order chi connectivity index (χ1) is 7.98. The van der Waals surface area contributed by atoms with E-state index in [1.165, 1.54) is 27.8 Å². The Morgan fingerprint density at radius 1 is 0.944 bits per heavy atom. The van der Waals surface area contributed by atoms with Crippen molar-refractivity contribution in [2.24, 2.45) is 0 Å². The molecule has 0 aliphatic heterocycles. The van der Waals surface area contributed by atoms with Gasteiger partial charge in [0, 0.05) is 0 Å². The molecule has 0 unspecified atom stereocenters. The first kappa shape index (κ1) is 16.5. The zero-order chi connectivity index (χ0) is 14.7. The third kappa shape index (κ3) is 4.39. The molecule has 0 atom stereocenters. The number of carbonyl (C=O) groups is 1. The standard InChI is InChI=1S/C11H16.C2HF3O2/c1-7-6-8(2)10(4)11(5)9(7)3;3-2(4,5)1(6)7/h6H,1-5H3;(H,6,7). The molecule has 1 N–H and O–H groups in total. The zero-order valence-electron chi connectivity index (χ0n) is 11.1. The van der Waals surface area contributed by atoms with Crippen LogP contribution < -0.4 is 0 Å². The van der Waals surface area contributed by atoms with E-state index in [4.69, 9.17) is 9.90 Å². The van der Waals surface area contributed by atoms with Crippen LogP contribution in [0.25, 0.3) is 0 Å². The van der Waals surface area contributed by atoms with Gasteiger partial charge in [-0.25, -0.2) is 4.79 Å². The number of hydrogen-bond acceptors (Lipinski definition) is 1. The molecule has 0 aliphatic rings. The van der Waals surface area contributed by atoms with Crippen molar-refractivity contribution >= 4 is 5.97 Å². The highest BCUT2D eigenvalue weighted by molar-refractivity contribution is 5.73. The lowest BCUT2D eigenvalue weighted by Crippen LogP contribution is -2.21. The van der Waals surface area contributed by atoms with Crippen LogP contribution in [-0.2, 0) is 4.79 Å². The van der Waals surface area contributed by atoms with Crippen molar-refractivity contribution in [1.82, 2.24) is 0 Å². The number of alkyl halides is 3. The van der Waals surface area contributed by atoms with Gasteiger partial charge in [0.2, 0.25) is 0 Å². The SMILES string of the molecule is Cc1cc(C)c(C)c(C)c1C.O=C(O)C(F)(F)F. The molecule has 0 amide bonds. The minimum atomic E-state index is -5.08. The summed E-state index contributed by atoms with van der Waals surface area (Å²) in [7, 11) is 0. The number of halogens is 3. The van der Waals surface area contributed by atoms with Crippen LogP contribution in [0.2, 0.25) is 0 Å². The van der Waals surface area contributed by atoms with Gasteiger partial charge >= 0.3 is 12.1 Å².